The molecule has 0 aliphatic heterocycles. The van der Waals surface area contributed by atoms with Crippen LogP contribution in [-0.2, 0) is 10.0 Å². The molecular weight excluding hydrogens is 336 g/mol. The Morgan fingerprint density at radius 2 is 1.52 bits per heavy atom. The number of rotatable bonds is 4. The van der Waals surface area contributed by atoms with Gasteiger partial charge < -0.3 is 5.32 Å². The van der Waals surface area contributed by atoms with Crippen molar-refractivity contribution in [1.82, 2.24) is 4.31 Å². The van der Waals surface area contributed by atoms with E-state index in [1.54, 1.807) is 18.2 Å². The summed E-state index contributed by atoms with van der Waals surface area (Å²) < 4.78 is 25.2. The fraction of sp³-hybridized carbons (Fsp3) is 0.105. The summed E-state index contributed by atoms with van der Waals surface area (Å²) in [4.78, 5) is 12.6. The molecular formula is C19H18N2O3S. The number of carbonyl (C=O) groups excluding carboxylic acids is 1. The van der Waals surface area contributed by atoms with Crippen LogP contribution in [0.3, 0.4) is 0 Å². The van der Waals surface area contributed by atoms with Gasteiger partial charge in [-0.15, -0.1) is 0 Å². The van der Waals surface area contributed by atoms with Gasteiger partial charge in [0.1, 0.15) is 0 Å². The summed E-state index contributed by atoms with van der Waals surface area (Å²) in [6, 6.07) is 19.4. The zero-order chi connectivity index (χ0) is 18.0. The average Bonchev–Trinajstić information content (AvgIpc) is 2.61. The minimum atomic E-state index is -3.48. The zero-order valence-electron chi connectivity index (χ0n) is 13.9. The van der Waals surface area contributed by atoms with Crippen molar-refractivity contribution < 1.29 is 13.2 Å². The highest BCUT2D eigenvalue weighted by Crippen LogP contribution is 2.19. The number of nitrogens with zero attached hydrogens (tertiary/aromatic N) is 1. The molecule has 0 heterocycles. The first-order chi connectivity index (χ1) is 11.9. The molecule has 0 aliphatic rings. The topological polar surface area (TPSA) is 66.5 Å². The van der Waals surface area contributed by atoms with Crippen molar-refractivity contribution in [2.75, 3.05) is 19.4 Å². The molecule has 128 valence electrons. The molecule has 5 nitrogen and oxygen atoms in total. The van der Waals surface area contributed by atoms with E-state index in [9.17, 15) is 13.2 Å². The van der Waals surface area contributed by atoms with Gasteiger partial charge in [-0.3, -0.25) is 4.79 Å². The molecule has 3 rings (SSSR count). The van der Waals surface area contributed by atoms with Gasteiger partial charge in [0.2, 0.25) is 10.0 Å². The second kappa shape index (κ2) is 6.66. The molecule has 3 aromatic carbocycles. The maximum absolute atomic E-state index is 12.4. The number of hydrogen-bond acceptors (Lipinski definition) is 3. The van der Waals surface area contributed by atoms with Crippen molar-refractivity contribution in [2.45, 2.75) is 4.90 Å². The fourth-order valence-electron chi connectivity index (χ4n) is 2.45. The Bertz CT molecular complexity index is 1030. The van der Waals surface area contributed by atoms with Gasteiger partial charge in [0.15, 0.2) is 0 Å². The highest BCUT2D eigenvalue weighted by Gasteiger charge is 2.16. The molecule has 0 aliphatic carbocycles. The summed E-state index contributed by atoms with van der Waals surface area (Å²) in [7, 11) is -0.524. The molecule has 0 saturated heterocycles. The molecule has 0 unspecified atom stereocenters. The van der Waals surface area contributed by atoms with E-state index in [-0.39, 0.29) is 10.8 Å². The summed E-state index contributed by atoms with van der Waals surface area (Å²) in [6.45, 7) is 0. The molecule has 0 aromatic heterocycles. The Morgan fingerprint density at radius 3 is 2.16 bits per heavy atom. The van der Waals surface area contributed by atoms with Crippen LogP contribution in [0.2, 0.25) is 0 Å². The molecule has 6 heteroatoms. The largest absolute Gasteiger partial charge is 0.322 e. The van der Waals surface area contributed by atoms with Gasteiger partial charge in [0.25, 0.3) is 5.91 Å². The van der Waals surface area contributed by atoms with Gasteiger partial charge in [0.05, 0.1) is 4.90 Å². The van der Waals surface area contributed by atoms with Crippen LogP contribution < -0.4 is 5.32 Å². The summed E-state index contributed by atoms with van der Waals surface area (Å²) >= 11 is 0. The second-order valence-electron chi connectivity index (χ2n) is 5.83. The molecule has 0 spiro atoms. The molecule has 1 amide bonds. The van der Waals surface area contributed by atoms with Crippen molar-refractivity contribution >= 4 is 32.4 Å². The first-order valence-electron chi connectivity index (χ1n) is 7.71. The Morgan fingerprint density at radius 1 is 0.880 bits per heavy atom. The lowest BCUT2D eigenvalue weighted by Gasteiger charge is -2.12. The van der Waals surface area contributed by atoms with E-state index in [0.717, 1.165) is 15.1 Å². The quantitative estimate of drug-likeness (QED) is 0.781. The van der Waals surface area contributed by atoms with Gasteiger partial charge in [0, 0.05) is 25.3 Å². The SMILES string of the molecule is CN(C)S(=O)(=O)c1ccc(NC(=O)c2ccc3ccccc3c2)cc1. The van der Waals surface area contributed by atoms with Crippen LogP contribution in [0.15, 0.2) is 71.6 Å². The van der Waals surface area contributed by atoms with Crippen molar-refractivity contribution in [1.29, 1.82) is 0 Å². The van der Waals surface area contributed by atoms with Crippen molar-refractivity contribution in [3.63, 3.8) is 0 Å². The van der Waals surface area contributed by atoms with Gasteiger partial charge in [-0.1, -0.05) is 30.3 Å². The van der Waals surface area contributed by atoms with Crippen LogP contribution in [0.25, 0.3) is 10.8 Å². The maximum Gasteiger partial charge on any atom is 0.255 e. The third-order valence-corrected chi connectivity index (χ3v) is 5.73. The molecule has 0 fully saturated rings. The van der Waals surface area contributed by atoms with Gasteiger partial charge in [-0.25, -0.2) is 12.7 Å². The van der Waals surface area contributed by atoms with Gasteiger partial charge in [-0.05, 0) is 47.2 Å². The Balaban J connectivity index is 1.80. The highest BCUT2D eigenvalue weighted by atomic mass is 32.2. The van der Waals surface area contributed by atoms with E-state index in [4.69, 9.17) is 0 Å². The zero-order valence-corrected chi connectivity index (χ0v) is 14.7. The van der Waals surface area contributed by atoms with E-state index in [2.05, 4.69) is 5.32 Å². The number of sulfonamides is 1. The number of benzene rings is 3. The predicted molar refractivity (Wildman–Crippen MR) is 99.2 cm³/mol. The van der Waals surface area contributed by atoms with Crippen LogP contribution in [-0.4, -0.2) is 32.7 Å². The molecule has 0 saturated carbocycles. The van der Waals surface area contributed by atoms with Crippen molar-refractivity contribution in [2.24, 2.45) is 0 Å². The van der Waals surface area contributed by atoms with E-state index in [1.807, 2.05) is 36.4 Å². The lowest BCUT2D eigenvalue weighted by molar-refractivity contribution is 0.102. The number of carbonyl (C=O) groups is 1. The smallest absolute Gasteiger partial charge is 0.255 e. The monoisotopic (exact) mass is 354 g/mol. The summed E-state index contributed by atoms with van der Waals surface area (Å²) in [5.41, 5.74) is 1.08. The third kappa shape index (κ3) is 3.55. The van der Waals surface area contributed by atoms with Crippen molar-refractivity contribution in [3.05, 3.63) is 72.3 Å². The Labute approximate surface area is 146 Å². The van der Waals surface area contributed by atoms with Gasteiger partial charge in [-0.2, -0.15) is 0 Å². The summed E-state index contributed by atoms with van der Waals surface area (Å²) in [5.74, 6) is -0.242. The first kappa shape index (κ1) is 17.1. The van der Waals surface area contributed by atoms with E-state index >= 15 is 0 Å². The van der Waals surface area contributed by atoms with Crippen LogP contribution in [0.5, 0.6) is 0 Å². The standard InChI is InChI=1S/C19H18N2O3S/c1-21(2)25(23,24)18-11-9-17(10-12-18)20-19(22)16-8-7-14-5-3-4-6-15(14)13-16/h3-13H,1-2H3,(H,20,22). The van der Waals surface area contributed by atoms with E-state index in [1.165, 1.54) is 26.2 Å². The lowest BCUT2D eigenvalue weighted by atomic mass is 10.1. The van der Waals surface area contributed by atoms with Crippen molar-refractivity contribution in [3.8, 4) is 0 Å². The molecule has 3 aromatic rings. The fourth-order valence-corrected chi connectivity index (χ4v) is 3.36. The Hall–Kier alpha value is -2.70. The average molecular weight is 354 g/mol. The van der Waals surface area contributed by atoms with E-state index < -0.39 is 10.0 Å². The van der Waals surface area contributed by atoms with Crippen LogP contribution in [0.4, 0.5) is 5.69 Å². The summed E-state index contributed by atoms with van der Waals surface area (Å²) in [6.07, 6.45) is 0. The van der Waals surface area contributed by atoms with Gasteiger partial charge >= 0.3 is 0 Å². The summed E-state index contributed by atoms with van der Waals surface area (Å²) in [5, 5.41) is 4.84. The number of anilines is 1. The molecule has 25 heavy (non-hydrogen) atoms. The van der Waals surface area contributed by atoms with Crippen LogP contribution in [0, 0.1) is 0 Å². The number of nitrogens with one attached hydrogen (secondary N) is 1. The first-order valence-corrected chi connectivity index (χ1v) is 9.15. The number of fused-ring (bicyclic) bond motifs is 1. The minimum Gasteiger partial charge on any atom is -0.322 e. The maximum atomic E-state index is 12.4. The minimum absolute atomic E-state index is 0.182. The molecule has 0 radical (unpaired) electrons. The lowest BCUT2D eigenvalue weighted by Crippen LogP contribution is -2.22. The van der Waals surface area contributed by atoms with Crippen LogP contribution >= 0.6 is 0 Å². The van der Waals surface area contributed by atoms with E-state index in [0.29, 0.717) is 11.3 Å². The number of hydrogen-bond donors (Lipinski definition) is 1. The molecule has 0 bridgehead atoms. The normalized spacial score (nSPS) is 11.6. The second-order valence-corrected chi connectivity index (χ2v) is 7.98. The molecule has 0 atom stereocenters. The van der Waals surface area contributed by atoms with Crippen LogP contribution in [0.1, 0.15) is 10.4 Å². The third-order valence-electron chi connectivity index (χ3n) is 3.90. The highest BCUT2D eigenvalue weighted by molar-refractivity contribution is 7.89. The number of amides is 1. The Kier molecular flexibility index (Phi) is 4.57. The molecule has 1 N–H and O–H groups in total. The predicted octanol–water partition coefficient (Wildman–Crippen LogP) is 3.34.